The number of nitrogens with one attached hydrogen (secondary N) is 1. The standard InChI is InChI=1S/C18H22F3N5O2/c19-18(20,21)14-9-15(23-10-22-14)26(11-1-2-11)12-5-7-25(8-6-12)17(28)13-3-4-16(27)24-13/h9-13H,1-8H2,(H,24,27). The number of halogens is 3. The van der Waals surface area contributed by atoms with Crippen LogP contribution in [0.15, 0.2) is 12.4 Å². The molecular weight excluding hydrogens is 375 g/mol. The van der Waals surface area contributed by atoms with E-state index in [1.54, 1.807) is 4.90 Å². The van der Waals surface area contributed by atoms with Crippen LogP contribution in [0.4, 0.5) is 19.0 Å². The van der Waals surface area contributed by atoms with Crippen LogP contribution in [-0.2, 0) is 15.8 Å². The van der Waals surface area contributed by atoms with Gasteiger partial charge in [-0.05, 0) is 32.1 Å². The maximum Gasteiger partial charge on any atom is 0.433 e. The van der Waals surface area contributed by atoms with Crippen molar-refractivity contribution >= 4 is 17.6 Å². The van der Waals surface area contributed by atoms with E-state index in [1.807, 2.05) is 4.90 Å². The van der Waals surface area contributed by atoms with E-state index in [1.165, 1.54) is 0 Å². The number of hydrogen-bond donors (Lipinski definition) is 1. The summed E-state index contributed by atoms with van der Waals surface area (Å²) in [5.74, 6) is 0.138. The number of anilines is 1. The number of aromatic nitrogens is 2. The maximum atomic E-state index is 13.0. The molecule has 10 heteroatoms. The third kappa shape index (κ3) is 3.90. The molecule has 3 fully saturated rings. The fourth-order valence-corrected chi connectivity index (χ4v) is 4.05. The third-order valence-corrected chi connectivity index (χ3v) is 5.61. The second-order valence-electron chi connectivity index (χ2n) is 7.61. The Labute approximate surface area is 160 Å². The quantitative estimate of drug-likeness (QED) is 0.837. The van der Waals surface area contributed by atoms with E-state index < -0.39 is 17.9 Å². The van der Waals surface area contributed by atoms with E-state index in [9.17, 15) is 22.8 Å². The predicted octanol–water partition coefficient (Wildman–Crippen LogP) is 1.73. The first kappa shape index (κ1) is 18.9. The first-order valence-corrected chi connectivity index (χ1v) is 9.58. The van der Waals surface area contributed by atoms with Crippen LogP contribution in [-0.4, -0.2) is 57.9 Å². The molecule has 2 amide bonds. The highest BCUT2D eigenvalue weighted by molar-refractivity contribution is 5.90. The van der Waals surface area contributed by atoms with Crippen LogP contribution in [0.25, 0.3) is 0 Å². The molecule has 1 saturated carbocycles. The van der Waals surface area contributed by atoms with Gasteiger partial charge in [0.05, 0.1) is 0 Å². The molecule has 0 bridgehead atoms. The molecule has 1 aliphatic carbocycles. The minimum atomic E-state index is -4.51. The first-order chi connectivity index (χ1) is 13.3. The molecule has 1 aromatic rings. The van der Waals surface area contributed by atoms with Crippen molar-refractivity contribution in [2.24, 2.45) is 0 Å². The van der Waals surface area contributed by atoms with Crippen molar-refractivity contribution in [3.05, 3.63) is 18.1 Å². The number of nitrogens with zero attached hydrogens (tertiary/aromatic N) is 4. The summed E-state index contributed by atoms with van der Waals surface area (Å²) in [6, 6.07) is 0.798. The summed E-state index contributed by atoms with van der Waals surface area (Å²) in [6.07, 6.45) is 0.535. The Morgan fingerprint density at radius 1 is 1.11 bits per heavy atom. The van der Waals surface area contributed by atoms with E-state index in [4.69, 9.17) is 0 Å². The van der Waals surface area contributed by atoms with Crippen molar-refractivity contribution in [1.29, 1.82) is 0 Å². The highest BCUT2D eigenvalue weighted by atomic mass is 19.4. The Hall–Kier alpha value is -2.39. The molecule has 1 unspecified atom stereocenters. The number of hydrogen-bond acceptors (Lipinski definition) is 5. The lowest BCUT2D eigenvalue weighted by Gasteiger charge is -2.40. The van der Waals surface area contributed by atoms with Gasteiger partial charge in [-0.1, -0.05) is 0 Å². The molecule has 0 spiro atoms. The Morgan fingerprint density at radius 3 is 2.36 bits per heavy atom. The van der Waals surface area contributed by atoms with Crippen LogP contribution >= 0.6 is 0 Å². The number of rotatable bonds is 4. The van der Waals surface area contributed by atoms with E-state index in [2.05, 4.69) is 15.3 Å². The van der Waals surface area contributed by atoms with Gasteiger partial charge in [-0.3, -0.25) is 9.59 Å². The average molecular weight is 397 g/mol. The van der Waals surface area contributed by atoms with Crippen molar-refractivity contribution in [3.8, 4) is 0 Å². The molecule has 152 valence electrons. The van der Waals surface area contributed by atoms with Gasteiger partial charge in [0.1, 0.15) is 23.9 Å². The highest BCUT2D eigenvalue weighted by Crippen LogP contribution is 2.37. The molecule has 28 heavy (non-hydrogen) atoms. The highest BCUT2D eigenvalue weighted by Gasteiger charge is 2.40. The summed E-state index contributed by atoms with van der Waals surface area (Å²) in [6.45, 7) is 1.05. The first-order valence-electron chi connectivity index (χ1n) is 9.58. The Kier molecular flexibility index (Phi) is 4.88. The number of amides is 2. The molecule has 1 aromatic heterocycles. The van der Waals surface area contributed by atoms with Gasteiger partial charge in [-0.25, -0.2) is 9.97 Å². The maximum absolute atomic E-state index is 13.0. The minimum absolute atomic E-state index is 0.0331. The molecule has 3 aliphatic rings. The summed E-state index contributed by atoms with van der Waals surface area (Å²) in [7, 11) is 0. The monoisotopic (exact) mass is 397 g/mol. The lowest BCUT2D eigenvalue weighted by Crippen LogP contribution is -2.51. The smallest absolute Gasteiger partial charge is 0.350 e. The molecule has 2 aliphatic heterocycles. The lowest BCUT2D eigenvalue weighted by molar-refractivity contribution is -0.141. The molecule has 3 heterocycles. The van der Waals surface area contributed by atoms with Gasteiger partial charge in [0.25, 0.3) is 0 Å². The van der Waals surface area contributed by atoms with Gasteiger partial charge in [-0.2, -0.15) is 13.2 Å². The van der Waals surface area contributed by atoms with Crippen molar-refractivity contribution < 1.29 is 22.8 Å². The van der Waals surface area contributed by atoms with Crippen LogP contribution in [0, 0.1) is 0 Å². The summed E-state index contributed by atoms with van der Waals surface area (Å²) < 4.78 is 39.1. The fourth-order valence-electron chi connectivity index (χ4n) is 4.05. The number of carbonyl (C=O) groups is 2. The van der Waals surface area contributed by atoms with Crippen LogP contribution in [0.3, 0.4) is 0 Å². The summed E-state index contributed by atoms with van der Waals surface area (Å²) in [4.78, 5) is 35.1. The van der Waals surface area contributed by atoms with E-state index in [0.717, 1.165) is 25.2 Å². The van der Waals surface area contributed by atoms with Gasteiger partial charge in [0, 0.05) is 37.7 Å². The molecule has 7 nitrogen and oxygen atoms in total. The molecule has 4 rings (SSSR count). The number of carbonyl (C=O) groups excluding carboxylic acids is 2. The summed E-state index contributed by atoms with van der Waals surface area (Å²) in [5.41, 5.74) is -0.937. The van der Waals surface area contributed by atoms with E-state index in [0.29, 0.717) is 44.6 Å². The zero-order valence-electron chi connectivity index (χ0n) is 15.3. The second kappa shape index (κ2) is 7.21. The predicted molar refractivity (Wildman–Crippen MR) is 93.3 cm³/mol. The third-order valence-electron chi connectivity index (χ3n) is 5.61. The van der Waals surface area contributed by atoms with Gasteiger partial charge in [-0.15, -0.1) is 0 Å². The SMILES string of the molecule is O=C1CCC(C(=O)N2CCC(N(c3cc(C(F)(F)F)ncn3)C3CC3)CC2)N1. The fraction of sp³-hybridized carbons (Fsp3) is 0.667. The Balaban J connectivity index is 1.43. The molecule has 0 aromatic carbocycles. The van der Waals surface area contributed by atoms with Crippen LogP contribution in [0.5, 0.6) is 0 Å². The van der Waals surface area contributed by atoms with Gasteiger partial charge < -0.3 is 15.1 Å². The van der Waals surface area contributed by atoms with Crippen molar-refractivity contribution in [2.75, 3.05) is 18.0 Å². The second-order valence-corrected chi connectivity index (χ2v) is 7.61. The van der Waals surface area contributed by atoms with Crippen LogP contribution in [0.2, 0.25) is 0 Å². The van der Waals surface area contributed by atoms with Crippen molar-refractivity contribution in [1.82, 2.24) is 20.2 Å². The van der Waals surface area contributed by atoms with Crippen molar-refractivity contribution in [2.45, 2.75) is 62.8 Å². The zero-order chi connectivity index (χ0) is 19.9. The van der Waals surface area contributed by atoms with Crippen LogP contribution in [0.1, 0.15) is 44.2 Å². The summed E-state index contributed by atoms with van der Waals surface area (Å²) in [5, 5.41) is 2.70. The lowest BCUT2D eigenvalue weighted by atomic mass is 10.0. The molecular formula is C18H22F3N5O2. The average Bonchev–Trinajstić information content (AvgIpc) is 3.41. The van der Waals surface area contributed by atoms with E-state index >= 15 is 0 Å². The largest absolute Gasteiger partial charge is 0.433 e. The molecule has 2 saturated heterocycles. The number of piperidine rings is 1. The Morgan fingerprint density at radius 2 is 1.79 bits per heavy atom. The normalized spacial score (nSPS) is 23.6. The van der Waals surface area contributed by atoms with Gasteiger partial charge in [0.2, 0.25) is 11.8 Å². The zero-order valence-corrected chi connectivity index (χ0v) is 15.3. The van der Waals surface area contributed by atoms with Gasteiger partial charge >= 0.3 is 6.18 Å². The Bertz CT molecular complexity index is 760. The topological polar surface area (TPSA) is 78.4 Å². The van der Waals surface area contributed by atoms with Gasteiger partial charge in [0.15, 0.2) is 0 Å². The number of alkyl halides is 3. The molecule has 0 radical (unpaired) electrons. The van der Waals surface area contributed by atoms with E-state index in [-0.39, 0.29) is 23.9 Å². The van der Waals surface area contributed by atoms with Crippen LogP contribution < -0.4 is 10.2 Å². The number of likely N-dealkylation sites (tertiary alicyclic amines) is 1. The summed E-state index contributed by atoms with van der Waals surface area (Å²) >= 11 is 0. The molecule has 1 N–H and O–H groups in total. The molecule has 1 atom stereocenters. The van der Waals surface area contributed by atoms with Crippen molar-refractivity contribution in [3.63, 3.8) is 0 Å². The minimum Gasteiger partial charge on any atom is -0.350 e.